The number of carbonyl (C=O) groups excluding carboxylic acids is 1. The largest absolute Gasteiger partial charge is 0.451 e. The van der Waals surface area contributed by atoms with Crippen molar-refractivity contribution in [3.8, 4) is 0 Å². The number of nitrogens with zero attached hydrogens (tertiary/aromatic N) is 3. The van der Waals surface area contributed by atoms with E-state index in [1.165, 1.54) is 24.5 Å². The first-order valence-corrected chi connectivity index (χ1v) is 9.49. The van der Waals surface area contributed by atoms with E-state index in [1.54, 1.807) is 0 Å². The Morgan fingerprint density at radius 3 is 3.12 bits per heavy atom. The average molecular weight is 356 g/mol. The van der Waals surface area contributed by atoms with Gasteiger partial charge in [-0.3, -0.25) is 9.89 Å². The summed E-state index contributed by atoms with van der Waals surface area (Å²) in [7, 11) is 0. The zero-order valence-electron chi connectivity index (χ0n) is 14.1. The maximum Gasteiger partial charge on any atom is 0.289 e. The summed E-state index contributed by atoms with van der Waals surface area (Å²) in [6.07, 6.45) is 3.71. The summed E-state index contributed by atoms with van der Waals surface area (Å²) in [4.78, 5) is 19.1. The molecular formula is C18H20N4O2S. The van der Waals surface area contributed by atoms with Crippen molar-refractivity contribution in [2.24, 2.45) is 5.92 Å². The second-order valence-corrected chi connectivity index (χ2v) is 7.45. The lowest BCUT2D eigenvalue weighted by molar-refractivity contribution is 0.0652. The molecule has 1 atom stereocenters. The van der Waals surface area contributed by atoms with Gasteiger partial charge in [0.05, 0.1) is 0 Å². The van der Waals surface area contributed by atoms with Gasteiger partial charge in [-0.2, -0.15) is 5.10 Å². The fourth-order valence-electron chi connectivity index (χ4n) is 3.34. The maximum atomic E-state index is 13.1. The summed E-state index contributed by atoms with van der Waals surface area (Å²) in [6.45, 7) is 3.79. The van der Waals surface area contributed by atoms with E-state index >= 15 is 0 Å². The molecule has 6 nitrogen and oxygen atoms in total. The number of likely N-dealkylation sites (tertiary alicyclic amines) is 1. The van der Waals surface area contributed by atoms with Gasteiger partial charge in [0.2, 0.25) is 0 Å². The number of fused-ring (bicyclic) bond motifs is 1. The number of hydrogen-bond acceptors (Lipinski definition) is 5. The van der Waals surface area contributed by atoms with Gasteiger partial charge >= 0.3 is 0 Å². The highest BCUT2D eigenvalue weighted by Gasteiger charge is 2.28. The Kier molecular flexibility index (Phi) is 4.48. The minimum atomic E-state index is -0.00378. The van der Waals surface area contributed by atoms with E-state index in [0.29, 0.717) is 17.4 Å². The van der Waals surface area contributed by atoms with Crippen LogP contribution in [-0.2, 0) is 5.75 Å². The van der Waals surface area contributed by atoms with Crippen LogP contribution in [0.15, 0.2) is 40.2 Å². The number of hydrogen-bond donors (Lipinski definition) is 1. The molecule has 3 heterocycles. The summed E-state index contributed by atoms with van der Waals surface area (Å²) in [6, 6.07) is 7.81. The molecule has 1 fully saturated rings. The number of carbonyl (C=O) groups is 1. The van der Waals surface area contributed by atoms with Crippen molar-refractivity contribution in [2.45, 2.75) is 30.7 Å². The lowest BCUT2D eigenvalue weighted by Crippen LogP contribution is -2.39. The van der Waals surface area contributed by atoms with Crippen molar-refractivity contribution in [1.82, 2.24) is 20.1 Å². The number of nitrogens with one attached hydrogen (secondary N) is 1. The van der Waals surface area contributed by atoms with Crippen LogP contribution in [0.1, 0.15) is 35.9 Å². The van der Waals surface area contributed by atoms with Crippen LogP contribution in [0.4, 0.5) is 0 Å². The monoisotopic (exact) mass is 356 g/mol. The van der Waals surface area contributed by atoms with Crippen LogP contribution < -0.4 is 0 Å². The van der Waals surface area contributed by atoms with Gasteiger partial charge in [0, 0.05) is 29.8 Å². The molecule has 0 bridgehead atoms. The predicted octanol–water partition coefficient (Wildman–Crippen LogP) is 3.72. The molecule has 7 heteroatoms. The third-order valence-electron chi connectivity index (χ3n) is 4.58. The normalized spacial score (nSPS) is 18.0. The van der Waals surface area contributed by atoms with Crippen molar-refractivity contribution in [3.63, 3.8) is 0 Å². The molecule has 0 spiro atoms. The molecule has 1 amide bonds. The molecule has 4 rings (SSSR count). The maximum absolute atomic E-state index is 13.1. The van der Waals surface area contributed by atoms with Crippen molar-refractivity contribution in [1.29, 1.82) is 0 Å². The van der Waals surface area contributed by atoms with Crippen LogP contribution >= 0.6 is 11.8 Å². The Morgan fingerprint density at radius 1 is 1.44 bits per heavy atom. The Labute approximate surface area is 150 Å². The summed E-state index contributed by atoms with van der Waals surface area (Å²) in [5, 5.41) is 8.43. The van der Waals surface area contributed by atoms with Crippen molar-refractivity contribution < 1.29 is 9.21 Å². The minimum absolute atomic E-state index is 0.00378. The quantitative estimate of drug-likeness (QED) is 0.721. The Hall–Kier alpha value is -2.28. The number of aromatic amines is 1. The standard InChI is InChI=1S/C18H20N4O2S/c1-12-5-4-8-22(9-12)17(23)16-14(10-25-18-19-11-20-21-18)13-6-2-3-7-15(13)24-16/h2-3,6-7,11-12H,4-5,8-10H2,1H3,(H,19,20,21). The van der Waals surface area contributed by atoms with E-state index in [2.05, 4.69) is 22.1 Å². The second kappa shape index (κ2) is 6.92. The van der Waals surface area contributed by atoms with Crippen LogP contribution in [0.2, 0.25) is 0 Å². The topological polar surface area (TPSA) is 75.0 Å². The van der Waals surface area contributed by atoms with Crippen LogP contribution in [0, 0.1) is 5.92 Å². The molecule has 1 N–H and O–H groups in total. The lowest BCUT2D eigenvalue weighted by atomic mass is 10.00. The molecule has 1 aliphatic heterocycles. The Balaban J connectivity index is 1.67. The molecule has 130 valence electrons. The molecular weight excluding hydrogens is 336 g/mol. The smallest absolute Gasteiger partial charge is 0.289 e. The predicted molar refractivity (Wildman–Crippen MR) is 96.5 cm³/mol. The van der Waals surface area contributed by atoms with Gasteiger partial charge in [0.1, 0.15) is 11.9 Å². The Morgan fingerprint density at radius 2 is 2.32 bits per heavy atom. The van der Waals surface area contributed by atoms with Gasteiger partial charge in [-0.25, -0.2) is 4.98 Å². The molecule has 1 saturated heterocycles. The molecule has 1 unspecified atom stereocenters. The van der Waals surface area contributed by atoms with Crippen LogP contribution in [0.3, 0.4) is 0 Å². The van der Waals surface area contributed by atoms with Crippen LogP contribution in [0.25, 0.3) is 11.0 Å². The highest BCUT2D eigenvalue weighted by molar-refractivity contribution is 7.98. The van der Waals surface area contributed by atoms with Crippen LogP contribution in [0.5, 0.6) is 0 Å². The van der Waals surface area contributed by atoms with Gasteiger partial charge in [0.25, 0.3) is 5.91 Å². The molecule has 1 aromatic carbocycles. The number of aromatic nitrogens is 3. The van der Waals surface area contributed by atoms with Gasteiger partial charge in [-0.1, -0.05) is 36.9 Å². The summed E-state index contributed by atoms with van der Waals surface area (Å²) >= 11 is 1.52. The van der Waals surface area contributed by atoms with Crippen LogP contribution in [-0.4, -0.2) is 39.1 Å². The third kappa shape index (κ3) is 3.28. The van der Waals surface area contributed by atoms with E-state index in [0.717, 1.165) is 41.2 Å². The summed E-state index contributed by atoms with van der Waals surface area (Å²) < 4.78 is 5.97. The number of benzene rings is 1. The number of rotatable bonds is 4. The number of thioether (sulfide) groups is 1. The first-order chi connectivity index (χ1) is 12.2. The van der Waals surface area contributed by atoms with E-state index < -0.39 is 0 Å². The van der Waals surface area contributed by atoms with E-state index in [1.807, 2.05) is 29.2 Å². The molecule has 0 radical (unpaired) electrons. The molecule has 0 saturated carbocycles. The highest BCUT2D eigenvalue weighted by atomic mass is 32.2. The number of furan rings is 1. The van der Waals surface area contributed by atoms with E-state index in [-0.39, 0.29) is 5.91 Å². The first kappa shape index (κ1) is 16.2. The van der Waals surface area contributed by atoms with Gasteiger partial charge < -0.3 is 9.32 Å². The van der Waals surface area contributed by atoms with Gasteiger partial charge in [-0.05, 0) is 24.8 Å². The summed E-state index contributed by atoms with van der Waals surface area (Å²) in [5.74, 6) is 1.60. The molecule has 1 aliphatic rings. The lowest BCUT2D eigenvalue weighted by Gasteiger charge is -2.30. The SMILES string of the molecule is CC1CCCN(C(=O)c2oc3ccccc3c2CSc2ncn[nH]2)C1. The number of H-pyrrole nitrogens is 1. The molecule has 2 aromatic heterocycles. The Bertz CT molecular complexity index is 874. The molecule has 25 heavy (non-hydrogen) atoms. The van der Waals surface area contributed by atoms with Gasteiger partial charge in [-0.15, -0.1) is 0 Å². The highest BCUT2D eigenvalue weighted by Crippen LogP contribution is 2.32. The van der Waals surface area contributed by atoms with E-state index in [9.17, 15) is 4.79 Å². The minimum Gasteiger partial charge on any atom is -0.451 e. The fourth-order valence-corrected chi connectivity index (χ4v) is 4.14. The number of para-hydroxylation sites is 1. The van der Waals surface area contributed by atoms with Gasteiger partial charge in [0.15, 0.2) is 10.9 Å². The average Bonchev–Trinajstić information content (AvgIpc) is 3.27. The second-order valence-electron chi connectivity index (χ2n) is 6.48. The number of amides is 1. The molecule has 3 aromatic rings. The number of piperidine rings is 1. The van der Waals surface area contributed by atoms with Crippen molar-refractivity contribution >= 4 is 28.6 Å². The fraction of sp³-hybridized carbons (Fsp3) is 0.389. The van der Waals surface area contributed by atoms with Crippen molar-refractivity contribution in [2.75, 3.05) is 13.1 Å². The third-order valence-corrected chi connectivity index (χ3v) is 5.49. The summed E-state index contributed by atoms with van der Waals surface area (Å²) in [5.41, 5.74) is 1.68. The zero-order valence-corrected chi connectivity index (χ0v) is 14.9. The zero-order chi connectivity index (χ0) is 17.2. The van der Waals surface area contributed by atoms with Crippen molar-refractivity contribution in [3.05, 3.63) is 41.9 Å². The van der Waals surface area contributed by atoms with E-state index in [4.69, 9.17) is 4.42 Å². The molecule has 0 aliphatic carbocycles. The first-order valence-electron chi connectivity index (χ1n) is 8.50.